The highest BCUT2D eigenvalue weighted by atomic mass is 19.3. The van der Waals surface area contributed by atoms with E-state index in [1.807, 2.05) is 0 Å². The zero-order valence-corrected chi connectivity index (χ0v) is 12.8. The van der Waals surface area contributed by atoms with Crippen molar-refractivity contribution in [3.8, 4) is 0 Å². The second kappa shape index (κ2) is 5.98. The van der Waals surface area contributed by atoms with Gasteiger partial charge in [0.05, 0.1) is 5.57 Å². The molecule has 2 heterocycles. The van der Waals surface area contributed by atoms with E-state index in [0.29, 0.717) is 6.08 Å². The van der Waals surface area contributed by atoms with Gasteiger partial charge in [-0.2, -0.15) is 0 Å². The Labute approximate surface area is 132 Å². The van der Waals surface area contributed by atoms with Crippen LogP contribution in [0.25, 0.3) is 17.2 Å². The number of carboxylic acids is 1. The number of aryl methyl sites for hydroxylation is 2. The van der Waals surface area contributed by atoms with Crippen LogP contribution in [0.1, 0.15) is 5.82 Å². The molecule has 0 bridgehead atoms. The van der Waals surface area contributed by atoms with Gasteiger partial charge in [0.25, 0.3) is 12.0 Å². The van der Waals surface area contributed by atoms with Gasteiger partial charge >= 0.3 is 11.7 Å². The van der Waals surface area contributed by atoms with Gasteiger partial charge in [0.15, 0.2) is 17.3 Å². The van der Waals surface area contributed by atoms with E-state index in [1.165, 1.54) is 21.1 Å². The van der Waals surface area contributed by atoms with Crippen molar-refractivity contribution >= 4 is 23.2 Å². The first kappa shape index (κ1) is 17.5. The van der Waals surface area contributed by atoms with Crippen LogP contribution in [-0.2, 0) is 25.9 Å². The summed E-state index contributed by atoms with van der Waals surface area (Å²) in [5.41, 5.74) is -2.71. The summed E-state index contributed by atoms with van der Waals surface area (Å²) in [6.07, 6.45) is -5.93. The number of carbonyl (C=O) groups is 1. The maximum Gasteiger partial charge on any atom is 0.334 e. The third-order valence-corrected chi connectivity index (χ3v) is 3.56. The second-order valence-electron chi connectivity index (χ2n) is 5.05. The summed E-state index contributed by atoms with van der Waals surface area (Å²) >= 11 is 0. The van der Waals surface area contributed by atoms with E-state index in [0.717, 1.165) is 13.7 Å². The maximum absolute atomic E-state index is 13.4. The fraction of sp³-hybridized carbons (Fsp3) is 0.385. The Bertz CT molecular complexity index is 970. The molecule has 2 aromatic heterocycles. The minimum atomic E-state index is -3.53. The monoisotopic (exact) mass is 346 g/mol. The van der Waals surface area contributed by atoms with Crippen LogP contribution in [0.4, 0.5) is 13.2 Å². The molecule has 8 nitrogen and oxygen atoms in total. The fourth-order valence-electron chi connectivity index (χ4n) is 2.20. The number of nitrogens with zero attached hydrogens (tertiary/aromatic N) is 4. The highest BCUT2D eigenvalue weighted by Gasteiger charge is 2.29. The minimum Gasteiger partial charge on any atom is -0.478 e. The third kappa shape index (κ3) is 2.61. The minimum absolute atomic E-state index is 0.0527. The Morgan fingerprint density at radius 1 is 1.12 bits per heavy atom. The Kier molecular flexibility index (Phi) is 4.36. The molecular formula is C13H13F3N4O4. The molecule has 130 valence electrons. The van der Waals surface area contributed by atoms with Crippen molar-refractivity contribution in [2.75, 3.05) is 0 Å². The third-order valence-electron chi connectivity index (χ3n) is 3.56. The second-order valence-corrected chi connectivity index (χ2v) is 5.05. The maximum atomic E-state index is 13.4. The summed E-state index contributed by atoms with van der Waals surface area (Å²) < 4.78 is 41.4. The summed E-state index contributed by atoms with van der Waals surface area (Å²) in [6.45, 7) is 0. The standard InChI is InChI=1S/C13H13F3N4O4/c1-18-6(4-5(12(22)23)7(14)9(15)16)17-10-8(18)11(21)20(3)13(24)19(10)2/h4,7,9H,1-3H3,(H,22,23)/b5-4-. The van der Waals surface area contributed by atoms with Gasteiger partial charge in [0, 0.05) is 21.1 Å². The number of aliphatic carboxylic acids is 1. The molecule has 2 aromatic rings. The molecule has 0 amide bonds. The molecule has 0 saturated carbocycles. The van der Waals surface area contributed by atoms with E-state index in [2.05, 4.69) is 4.98 Å². The molecule has 0 aromatic carbocycles. The van der Waals surface area contributed by atoms with Gasteiger partial charge in [0.2, 0.25) is 0 Å². The first-order chi connectivity index (χ1) is 11.1. The van der Waals surface area contributed by atoms with E-state index < -0.39 is 35.4 Å². The molecule has 2 rings (SSSR count). The summed E-state index contributed by atoms with van der Waals surface area (Å²) in [5.74, 6) is -2.12. The molecule has 0 aliphatic carbocycles. The predicted octanol–water partition coefficient (Wildman–Crippen LogP) is 0.0419. The number of aromatic nitrogens is 4. The smallest absolute Gasteiger partial charge is 0.334 e. The van der Waals surface area contributed by atoms with Crippen LogP contribution in [-0.4, -0.2) is 42.4 Å². The molecule has 1 N–H and O–H groups in total. The zero-order valence-electron chi connectivity index (χ0n) is 12.8. The largest absolute Gasteiger partial charge is 0.478 e. The van der Waals surface area contributed by atoms with E-state index in [-0.39, 0.29) is 17.0 Å². The fourth-order valence-corrected chi connectivity index (χ4v) is 2.20. The molecular weight excluding hydrogens is 333 g/mol. The van der Waals surface area contributed by atoms with Crippen molar-refractivity contribution in [2.45, 2.75) is 12.6 Å². The van der Waals surface area contributed by atoms with Crippen molar-refractivity contribution in [3.63, 3.8) is 0 Å². The quantitative estimate of drug-likeness (QED) is 0.788. The average molecular weight is 346 g/mol. The number of halogens is 3. The van der Waals surface area contributed by atoms with Crippen molar-refractivity contribution < 1.29 is 23.1 Å². The SMILES string of the molecule is Cn1c(=O)c2c(nc(/C=C(\C(=O)O)C(F)C(F)F)n2C)n(C)c1=O. The number of rotatable bonds is 4. The molecule has 24 heavy (non-hydrogen) atoms. The van der Waals surface area contributed by atoms with Crippen molar-refractivity contribution in [2.24, 2.45) is 21.1 Å². The van der Waals surface area contributed by atoms with E-state index in [4.69, 9.17) is 5.11 Å². The van der Waals surface area contributed by atoms with Crippen LogP contribution < -0.4 is 11.2 Å². The molecule has 0 radical (unpaired) electrons. The van der Waals surface area contributed by atoms with Gasteiger partial charge in [-0.3, -0.25) is 13.9 Å². The normalized spacial score (nSPS) is 13.7. The lowest BCUT2D eigenvalue weighted by atomic mass is 10.1. The van der Waals surface area contributed by atoms with Crippen LogP contribution in [0.5, 0.6) is 0 Å². The number of hydrogen-bond donors (Lipinski definition) is 1. The van der Waals surface area contributed by atoms with E-state index in [1.54, 1.807) is 0 Å². The van der Waals surface area contributed by atoms with Crippen LogP contribution in [0.15, 0.2) is 15.2 Å². The highest BCUT2D eigenvalue weighted by Crippen LogP contribution is 2.20. The molecule has 0 saturated heterocycles. The van der Waals surface area contributed by atoms with Gasteiger partial charge in [-0.15, -0.1) is 0 Å². The lowest BCUT2D eigenvalue weighted by molar-refractivity contribution is -0.134. The summed E-state index contributed by atoms with van der Waals surface area (Å²) in [6, 6.07) is 0. The Balaban J connectivity index is 2.82. The topological polar surface area (TPSA) is 99.1 Å². The van der Waals surface area contributed by atoms with Gasteiger partial charge in [0.1, 0.15) is 5.82 Å². The van der Waals surface area contributed by atoms with Crippen LogP contribution >= 0.6 is 0 Å². The molecule has 0 spiro atoms. The number of hydrogen-bond acceptors (Lipinski definition) is 4. The number of fused-ring (bicyclic) bond motifs is 1. The first-order valence-electron chi connectivity index (χ1n) is 6.57. The molecule has 0 aliphatic heterocycles. The van der Waals surface area contributed by atoms with Crippen molar-refractivity contribution in [3.05, 3.63) is 32.2 Å². The predicted molar refractivity (Wildman–Crippen MR) is 77.7 cm³/mol. The molecule has 1 unspecified atom stereocenters. The van der Waals surface area contributed by atoms with Crippen molar-refractivity contribution in [1.82, 2.24) is 18.7 Å². The van der Waals surface area contributed by atoms with Gasteiger partial charge in [-0.25, -0.2) is 27.7 Å². The van der Waals surface area contributed by atoms with Crippen LogP contribution in [0, 0.1) is 0 Å². The molecule has 0 fully saturated rings. The van der Waals surface area contributed by atoms with Gasteiger partial charge in [-0.05, 0) is 6.08 Å². The van der Waals surface area contributed by atoms with Crippen LogP contribution in [0.2, 0.25) is 0 Å². The molecule has 0 aliphatic rings. The average Bonchev–Trinajstić information content (AvgIpc) is 2.84. The number of alkyl halides is 3. The lowest BCUT2D eigenvalue weighted by Crippen LogP contribution is -2.37. The Hall–Kier alpha value is -2.85. The summed E-state index contributed by atoms with van der Waals surface area (Å²) in [5, 5.41) is 8.92. The highest BCUT2D eigenvalue weighted by molar-refractivity contribution is 5.93. The number of carboxylic acid groups (broad SMARTS) is 1. The first-order valence-corrected chi connectivity index (χ1v) is 6.57. The van der Waals surface area contributed by atoms with Gasteiger partial charge < -0.3 is 9.67 Å². The Morgan fingerprint density at radius 2 is 1.71 bits per heavy atom. The van der Waals surface area contributed by atoms with Gasteiger partial charge in [-0.1, -0.05) is 0 Å². The Morgan fingerprint density at radius 3 is 2.21 bits per heavy atom. The van der Waals surface area contributed by atoms with Crippen LogP contribution in [0.3, 0.4) is 0 Å². The van der Waals surface area contributed by atoms with E-state index in [9.17, 15) is 27.6 Å². The van der Waals surface area contributed by atoms with E-state index >= 15 is 0 Å². The molecule has 1 atom stereocenters. The molecule has 11 heteroatoms. The zero-order chi connectivity index (χ0) is 18.3. The lowest BCUT2D eigenvalue weighted by Gasteiger charge is -2.07. The summed E-state index contributed by atoms with van der Waals surface area (Å²) in [4.78, 5) is 38.9. The van der Waals surface area contributed by atoms with Crippen molar-refractivity contribution in [1.29, 1.82) is 0 Å². The summed E-state index contributed by atoms with van der Waals surface area (Å²) in [7, 11) is 3.89. The number of imidazole rings is 1.